The molecule has 1 aromatic rings. The quantitative estimate of drug-likeness (QED) is 0.593. The molecule has 2 rings (SSSR count). The minimum Gasteiger partial charge on any atom is -0.373 e. The number of nitrogens with zero attached hydrogens (tertiary/aromatic N) is 1. The summed E-state index contributed by atoms with van der Waals surface area (Å²) in [4.78, 5) is 4.02. The molecule has 1 unspecified atom stereocenters. The molecular formula is C8H7BrClNO. The molecule has 1 atom stereocenters. The fourth-order valence-electron chi connectivity index (χ4n) is 1.04. The Morgan fingerprint density at radius 2 is 2.50 bits per heavy atom. The minimum atomic E-state index is 0.360. The van der Waals surface area contributed by atoms with Gasteiger partial charge in [-0.25, -0.2) is 4.98 Å². The van der Waals surface area contributed by atoms with Crippen molar-refractivity contribution in [2.24, 2.45) is 0 Å². The van der Waals surface area contributed by atoms with Crippen LogP contribution in [0.25, 0.3) is 0 Å². The Morgan fingerprint density at radius 1 is 1.75 bits per heavy atom. The molecule has 1 saturated heterocycles. The van der Waals surface area contributed by atoms with Gasteiger partial charge < -0.3 is 4.74 Å². The summed E-state index contributed by atoms with van der Waals surface area (Å²) in [6.45, 7) is 0.850. The number of aromatic nitrogens is 1. The first-order valence-electron chi connectivity index (χ1n) is 3.67. The molecule has 0 aliphatic carbocycles. The Hall–Kier alpha value is -0.120. The van der Waals surface area contributed by atoms with E-state index in [2.05, 4.69) is 20.9 Å². The third-order valence-corrected chi connectivity index (χ3v) is 2.50. The van der Waals surface area contributed by atoms with Crippen molar-refractivity contribution in [1.82, 2.24) is 4.98 Å². The lowest BCUT2D eigenvalue weighted by molar-refractivity contribution is 0.407. The van der Waals surface area contributed by atoms with Crippen LogP contribution in [0, 0.1) is 0 Å². The molecule has 0 spiro atoms. The highest BCUT2D eigenvalue weighted by Crippen LogP contribution is 2.23. The summed E-state index contributed by atoms with van der Waals surface area (Å²) in [6, 6.07) is 1.98. The Balaban J connectivity index is 2.21. The monoisotopic (exact) mass is 247 g/mol. The largest absolute Gasteiger partial charge is 0.373 e. The lowest BCUT2D eigenvalue weighted by Gasteiger charge is -2.00. The first-order valence-corrected chi connectivity index (χ1v) is 4.84. The van der Waals surface area contributed by atoms with E-state index in [4.69, 9.17) is 16.3 Å². The SMILES string of the molecule is Clc1ncc(Br)cc1CC1CO1. The second kappa shape index (κ2) is 3.32. The van der Waals surface area contributed by atoms with Crippen LogP contribution in [-0.2, 0) is 11.2 Å². The van der Waals surface area contributed by atoms with Gasteiger partial charge in [-0.1, -0.05) is 11.6 Å². The van der Waals surface area contributed by atoms with Gasteiger partial charge in [0.25, 0.3) is 0 Å². The van der Waals surface area contributed by atoms with Crippen molar-refractivity contribution in [2.45, 2.75) is 12.5 Å². The van der Waals surface area contributed by atoms with Gasteiger partial charge in [-0.15, -0.1) is 0 Å². The molecule has 2 nitrogen and oxygen atoms in total. The van der Waals surface area contributed by atoms with Crippen molar-refractivity contribution in [3.63, 3.8) is 0 Å². The van der Waals surface area contributed by atoms with E-state index in [0.29, 0.717) is 11.3 Å². The lowest BCUT2D eigenvalue weighted by atomic mass is 10.2. The van der Waals surface area contributed by atoms with Crippen LogP contribution in [0.4, 0.5) is 0 Å². The number of hydrogen-bond donors (Lipinski definition) is 0. The van der Waals surface area contributed by atoms with Crippen LogP contribution in [0.15, 0.2) is 16.7 Å². The fourth-order valence-corrected chi connectivity index (χ4v) is 1.60. The van der Waals surface area contributed by atoms with E-state index in [0.717, 1.165) is 23.1 Å². The van der Waals surface area contributed by atoms with Gasteiger partial charge in [0.1, 0.15) is 5.15 Å². The first-order chi connectivity index (χ1) is 5.75. The van der Waals surface area contributed by atoms with Gasteiger partial charge in [-0.2, -0.15) is 0 Å². The number of halogens is 2. The predicted molar refractivity (Wildman–Crippen MR) is 50.4 cm³/mol. The molecule has 1 aliphatic heterocycles. The van der Waals surface area contributed by atoms with Crippen LogP contribution in [0.5, 0.6) is 0 Å². The molecule has 0 N–H and O–H groups in total. The summed E-state index contributed by atoms with van der Waals surface area (Å²) in [5, 5.41) is 0.578. The molecule has 2 heterocycles. The fraction of sp³-hybridized carbons (Fsp3) is 0.375. The molecular weight excluding hydrogens is 241 g/mol. The molecule has 1 fully saturated rings. The summed E-state index contributed by atoms with van der Waals surface area (Å²) in [6.07, 6.45) is 2.92. The van der Waals surface area contributed by atoms with Crippen molar-refractivity contribution in [3.8, 4) is 0 Å². The Kier molecular flexibility index (Phi) is 2.35. The van der Waals surface area contributed by atoms with Gasteiger partial charge in [0.2, 0.25) is 0 Å². The molecule has 1 aliphatic rings. The van der Waals surface area contributed by atoms with Crippen LogP contribution in [0.1, 0.15) is 5.56 Å². The second-order valence-corrected chi connectivity index (χ2v) is 4.04. The number of pyridine rings is 1. The minimum absolute atomic E-state index is 0.360. The van der Waals surface area contributed by atoms with Crippen LogP contribution in [-0.4, -0.2) is 17.7 Å². The smallest absolute Gasteiger partial charge is 0.132 e. The molecule has 64 valence electrons. The highest BCUT2D eigenvalue weighted by molar-refractivity contribution is 9.10. The van der Waals surface area contributed by atoms with Gasteiger partial charge in [-0.05, 0) is 27.6 Å². The van der Waals surface area contributed by atoms with Gasteiger partial charge in [0.15, 0.2) is 0 Å². The molecule has 0 saturated carbocycles. The number of ether oxygens (including phenoxy) is 1. The number of hydrogen-bond acceptors (Lipinski definition) is 2. The first kappa shape index (κ1) is 8.48. The molecule has 0 aromatic carbocycles. The summed E-state index contributed by atoms with van der Waals surface area (Å²) in [7, 11) is 0. The lowest BCUT2D eigenvalue weighted by Crippen LogP contribution is -1.95. The van der Waals surface area contributed by atoms with Gasteiger partial charge in [-0.3, -0.25) is 0 Å². The zero-order valence-electron chi connectivity index (χ0n) is 6.26. The average Bonchev–Trinajstić information content (AvgIpc) is 2.81. The van der Waals surface area contributed by atoms with E-state index in [1.165, 1.54) is 0 Å². The van der Waals surface area contributed by atoms with E-state index in [-0.39, 0.29) is 0 Å². The predicted octanol–water partition coefficient (Wildman–Crippen LogP) is 2.44. The molecule has 4 heteroatoms. The van der Waals surface area contributed by atoms with E-state index in [9.17, 15) is 0 Å². The summed E-state index contributed by atoms with van der Waals surface area (Å²) in [5.41, 5.74) is 1.05. The second-order valence-electron chi connectivity index (χ2n) is 2.76. The number of epoxide rings is 1. The highest BCUT2D eigenvalue weighted by atomic mass is 79.9. The maximum Gasteiger partial charge on any atom is 0.132 e. The van der Waals surface area contributed by atoms with Crippen molar-refractivity contribution in [2.75, 3.05) is 6.61 Å². The van der Waals surface area contributed by atoms with Gasteiger partial charge in [0.05, 0.1) is 12.7 Å². The summed E-state index contributed by atoms with van der Waals surface area (Å²) >= 11 is 9.23. The van der Waals surface area contributed by atoms with Crippen LogP contribution in [0.2, 0.25) is 5.15 Å². The summed E-state index contributed by atoms with van der Waals surface area (Å²) < 4.78 is 6.07. The van der Waals surface area contributed by atoms with E-state index < -0.39 is 0 Å². The zero-order valence-corrected chi connectivity index (χ0v) is 8.60. The standard InChI is InChI=1S/C8H7BrClNO/c9-6-1-5(2-7-4-12-7)8(10)11-3-6/h1,3,7H,2,4H2. The van der Waals surface area contributed by atoms with E-state index >= 15 is 0 Å². The summed E-state index contributed by atoms with van der Waals surface area (Å²) in [5.74, 6) is 0. The maximum atomic E-state index is 5.88. The Bertz CT molecular complexity index is 301. The van der Waals surface area contributed by atoms with Gasteiger partial charge >= 0.3 is 0 Å². The normalized spacial score (nSPS) is 21.0. The van der Waals surface area contributed by atoms with Crippen LogP contribution < -0.4 is 0 Å². The van der Waals surface area contributed by atoms with Crippen molar-refractivity contribution in [3.05, 3.63) is 27.5 Å². The van der Waals surface area contributed by atoms with Crippen molar-refractivity contribution in [1.29, 1.82) is 0 Å². The van der Waals surface area contributed by atoms with Crippen molar-refractivity contribution < 1.29 is 4.74 Å². The topological polar surface area (TPSA) is 25.4 Å². The third-order valence-electron chi connectivity index (χ3n) is 1.73. The number of rotatable bonds is 2. The zero-order chi connectivity index (χ0) is 8.55. The third kappa shape index (κ3) is 1.97. The van der Waals surface area contributed by atoms with E-state index in [1.807, 2.05) is 6.07 Å². The molecule has 0 amide bonds. The Labute approximate surface area is 84.0 Å². The molecule has 1 aromatic heterocycles. The van der Waals surface area contributed by atoms with Crippen LogP contribution >= 0.6 is 27.5 Å². The van der Waals surface area contributed by atoms with Crippen LogP contribution in [0.3, 0.4) is 0 Å². The maximum absolute atomic E-state index is 5.88. The molecule has 0 bridgehead atoms. The van der Waals surface area contributed by atoms with Gasteiger partial charge in [0, 0.05) is 17.1 Å². The van der Waals surface area contributed by atoms with Crippen molar-refractivity contribution >= 4 is 27.5 Å². The van der Waals surface area contributed by atoms with E-state index in [1.54, 1.807) is 6.20 Å². The molecule has 0 radical (unpaired) electrons. The average molecular weight is 249 g/mol. The molecule has 12 heavy (non-hydrogen) atoms. The Morgan fingerprint density at radius 3 is 3.17 bits per heavy atom. The highest BCUT2D eigenvalue weighted by Gasteiger charge is 2.23.